The summed E-state index contributed by atoms with van der Waals surface area (Å²) in [5.74, 6) is -0.122. The lowest BCUT2D eigenvalue weighted by Crippen LogP contribution is -2.29. The van der Waals surface area contributed by atoms with Crippen LogP contribution in [-0.2, 0) is 18.2 Å². The highest BCUT2D eigenvalue weighted by Gasteiger charge is 2.11. The molecule has 0 aromatic carbocycles. The van der Waals surface area contributed by atoms with E-state index in [1.165, 1.54) is 0 Å². The van der Waals surface area contributed by atoms with Crippen molar-refractivity contribution >= 4 is 5.91 Å². The summed E-state index contributed by atoms with van der Waals surface area (Å²) in [6.07, 6.45) is 0.822. The second kappa shape index (κ2) is 6.96. The first-order valence-corrected chi connectivity index (χ1v) is 6.07. The fourth-order valence-electron chi connectivity index (χ4n) is 1.49. The first-order chi connectivity index (χ1) is 8.54. The van der Waals surface area contributed by atoms with Crippen LogP contribution in [0.5, 0.6) is 0 Å². The molecule has 100 valence electrons. The van der Waals surface area contributed by atoms with Crippen LogP contribution in [0.15, 0.2) is 18.2 Å². The van der Waals surface area contributed by atoms with E-state index in [1.54, 1.807) is 11.7 Å². The number of aryl methyl sites for hydroxylation is 2. The number of nitrogens with zero attached hydrogens (tertiary/aromatic N) is 2. The van der Waals surface area contributed by atoms with Gasteiger partial charge >= 0.3 is 0 Å². The Balaban J connectivity index is 2.36. The quantitative estimate of drug-likeness (QED) is 0.587. The van der Waals surface area contributed by atoms with Crippen molar-refractivity contribution in [3.05, 3.63) is 29.6 Å². The molecule has 0 bridgehead atoms. The van der Waals surface area contributed by atoms with E-state index >= 15 is 0 Å². The fourth-order valence-corrected chi connectivity index (χ4v) is 1.49. The molecule has 1 amide bonds. The van der Waals surface area contributed by atoms with Crippen molar-refractivity contribution in [2.75, 3.05) is 19.8 Å². The summed E-state index contributed by atoms with van der Waals surface area (Å²) < 4.78 is 6.90. The zero-order valence-electron chi connectivity index (χ0n) is 11.3. The van der Waals surface area contributed by atoms with Crippen molar-refractivity contribution in [1.82, 2.24) is 15.1 Å². The monoisotopic (exact) mass is 251 g/mol. The third kappa shape index (κ3) is 4.33. The second-order valence-corrected chi connectivity index (χ2v) is 4.26. The van der Waals surface area contributed by atoms with E-state index in [2.05, 4.69) is 17.0 Å². The van der Waals surface area contributed by atoms with Crippen molar-refractivity contribution < 1.29 is 9.53 Å². The Bertz CT molecular complexity index is 424. The van der Waals surface area contributed by atoms with Gasteiger partial charge < -0.3 is 10.1 Å². The molecule has 5 heteroatoms. The van der Waals surface area contributed by atoms with Gasteiger partial charge in [0.05, 0.1) is 18.9 Å². The van der Waals surface area contributed by atoms with Crippen LogP contribution in [0.4, 0.5) is 0 Å². The Hall–Kier alpha value is -1.62. The Kier molecular flexibility index (Phi) is 5.58. The number of rotatable bonds is 7. The number of hydrogen-bond acceptors (Lipinski definition) is 3. The highest BCUT2D eigenvalue weighted by Crippen LogP contribution is 2.03. The molecule has 0 aliphatic rings. The molecular formula is C13H21N3O2. The lowest BCUT2D eigenvalue weighted by Gasteiger charge is -2.06. The SMILES string of the molecule is C=C(C)COCCNC(=O)c1cc(CC)nn1C. The van der Waals surface area contributed by atoms with Gasteiger partial charge in [0.25, 0.3) is 5.91 Å². The Labute approximate surface area is 108 Å². The van der Waals surface area contributed by atoms with Gasteiger partial charge in [0, 0.05) is 13.6 Å². The molecule has 0 fully saturated rings. The molecule has 1 rings (SSSR count). The number of aromatic nitrogens is 2. The van der Waals surface area contributed by atoms with Crippen LogP contribution in [0.3, 0.4) is 0 Å². The van der Waals surface area contributed by atoms with Crippen LogP contribution in [0.25, 0.3) is 0 Å². The van der Waals surface area contributed by atoms with E-state index in [9.17, 15) is 4.79 Å². The Morgan fingerprint density at radius 3 is 2.89 bits per heavy atom. The third-order valence-electron chi connectivity index (χ3n) is 2.41. The minimum Gasteiger partial charge on any atom is -0.375 e. The number of hydrogen-bond donors (Lipinski definition) is 1. The van der Waals surface area contributed by atoms with E-state index in [-0.39, 0.29) is 5.91 Å². The normalized spacial score (nSPS) is 10.4. The number of carbonyl (C=O) groups is 1. The average molecular weight is 251 g/mol. The summed E-state index contributed by atoms with van der Waals surface area (Å²) in [6.45, 7) is 9.15. The Morgan fingerprint density at radius 1 is 1.61 bits per heavy atom. The number of ether oxygens (including phenoxy) is 1. The maximum Gasteiger partial charge on any atom is 0.269 e. The van der Waals surface area contributed by atoms with Crippen LogP contribution in [0, 0.1) is 0 Å². The smallest absolute Gasteiger partial charge is 0.269 e. The molecule has 0 aliphatic heterocycles. The molecule has 5 nitrogen and oxygen atoms in total. The highest BCUT2D eigenvalue weighted by atomic mass is 16.5. The minimum atomic E-state index is -0.122. The minimum absolute atomic E-state index is 0.122. The molecule has 0 saturated carbocycles. The highest BCUT2D eigenvalue weighted by molar-refractivity contribution is 5.92. The van der Waals surface area contributed by atoms with Crippen molar-refractivity contribution in [2.45, 2.75) is 20.3 Å². The first-order valence-electron chi connectivity index (χ1n) is 6.07. The van der Waals surface area contributed by atoms with Crippen LogP contribution < -0.4 is 5.32 Å². The molecule has 0 radical (unpaired) electrons. The standard InChI is InChI=1S/C13H21N3O2/c1-5-11-8-12(16(4)15-11)13(17)14-6-7-18-9-10(2)3/h8H,2,5-7,9H2,1,3-4H3,(H,14,17). The van der Waals surface area contributed by atoms with Crippen LogP contribution in [0.1, 0.15) is 30.0 Å². The van der Waals surface area contributed by atoms with E-state index in [0.29, 0.717) is 25.5 Å². The van der Waals surface area contributed by atoms with Gasteiger partial charge in [0.1, 0.15) is 5.69 Å². The van der Waals surface area contributed by atoms with Gasteiger partial charge in [-0.05, 0) is 19.4 Å². The zero-order chi connectivity index (χ0) is 13.5. The molecule has 1 aromatic rings. The topological polar surface area (TPSA) is 56.1 Å². The van der Waals surface area contributed by atoms with E-state index in [1.807, 2.05) is 19.9 Å². The third-order valence-corrected chi connectivity index (χ3v) is 2.41. The van der Waals surface area contributed by atoms with Crippen LogP contribution in [-0.4, -0.2) is 35.4 Å². The van der Waals surface area contributed by atoms with Gasteiger partial charge in [-0.2, -0.15) is 5.10 Å². The molecule has 0 spiro atoms. The summed E-state index contributed by atoms with van der Waals surface area (Å²) in [4.78, 5) is 11.8. The lowest BCUT2D eigenvalue weighted by atomic mass is 10.3. The van der Waals surface area contributed by atoms with Gasteiger partial charge in [-0.15, -0.1) is 0 Å². The van der Waals surface area contributed by atoms with Gasteiger partial charge in [-0.1, -0.05) is 19.1 Å². The average Bonchev–Trinajstić information content (AvgIpc) is 2.69. The predicted octanol–water partition coefficient (Wildman–Crippen LogP) is 1.30. The molecule has 0 aliphatic carbocycles. The van der Waals surface area contributed by atoms with Crippen molar-refractivity contribution in [3.8, 4) is 0 Å². The number of nitrogens with one attached hydrogen (secondary N) is 1. The Morgan fingerprint density at radius 2 is 2.33 bits per heavy atom. The van der Waals surface area contributed by atoms with E-state index in [4.69, 9.17) is 4.74 Å². The molecule has 1 heterocycles. The maximum atomic E-state index is 11.8. The van der Waals surface area contributed by atoms with Crippen molar-refractivity contribution in [2.24, 2.45) is 7.05 Å². The molecule has 0 saturated heterocycles. The summed E-state index contributed by atoms with van der Waals surface area (Å²) in [6, 6.07) is 1.81. The molecule has 1 aromatic heterocycles. The predicted molar refractivity (Wildman–Crippen MR) is 70.6 cm³/mol. The van der Waals surface area contributed by atoms with Crippen LogP contribution in [0.2, 0.25) is 0 Å². The molecule has 0 atom stereocenters. The van der Waals surface area contributed by atoms with Gasteiger partial charge in [-0.25, -0.2) is 0 Å². The van der Waals surface area contributed by atoms with Crippen molar-refractivity contribution in [3.63, 3.8) is 0 Å². The summed E-state index contributed by atoms with van der Waals surface area (Å²) in [5, 5.41) is 7.03. The summed E-state index contributed by atoms with van der Waals surface area (Å²) >= 11 is 0. The zero-order valence-corrected chi connectivity index (χ0v) is 11.3. The largest absolute Gasteiger partial charge is 0.375 e. The number of amides is 1. The maximum absolute atomic E-state index is 11.8. The van der Waals surface area contributed by atoms with Crippen LogP contribution >= 0.6 is 0 Å². The molecule has 0 unspecified atom stereocenters. The first kappa shape index (κ1) is 14.4. The lowest BCUT2D eigenvalue weighted by molar-refractivity contribution is 0.0917. The fraction of sp³-hybridized carbons (Fsp3) is 0.538. The van der Waals surface area contributed by atoms with Gasteiger partial charge in [-0.3, -0.25) is 9.48 Å². The number of carbonyl (C=O) groups excluding carboxylic acids is 1. The van der Waals surface area contributed by atoms with Gasteiger partial charge in [0.2, 0.25) is 0 Å². The molecule has 1 N–H and O–H groups in total. The van der Waals surface area contributed by atoms with Gasteiger partial charge in [0.15, 0.2) is 0 Å². The van der Waals surface area contributed by atoms with Crippen molar-refractivity contribution in [1.29, 1.82) is 0 Å². The van der Waals surface area contributed by atoms with E-state index < -0.39 is 0 Å². The van der Waals surface area contributed by atoms with E-state index in [0.717, 1.165) is 17.7 Å². The second-order valence-electron chi connectivity index (χ2n) is 4.26. The molecule has 18 heavy (non-hydrogen) atoms. The summed E-state index contributed by atoms with van der Waals surface area (Å²) in [5.41, 5.74) is 2.47. The summed E-state index contributed by atoms with van der Waals surface area (Å²) in [7, 11) is 1.77. The molecular weight excluding hydrogens is 230 g/mol.